The minimum atomic E-state index is -0.0938. The lowest BCUT2D eigenvalue weighted by molar-refractivity contribution is -0.151. The van der Waals surface area contributed by atoms with Crippen molar-refractivity contribution in [3.8, 4) is 0 Å². The number of carbonyl (C=O) groups excluding carboxylic acids is 1. The Balaban J connectivity index is 4.23. The maximum absolute atomic E-state index is 12.0. The zero-order valence-electron chi connectivity index (χ0n) is 13.2. The second-order valence-electron chi connectivity index (χ2n) is 5.33. The van der Waals surface area contributed by atoms with Crippen molar-refractivity contribution in [2.45, 2.75) is 65.7 Å². The molecule has 0 aliphatic carbocycles. The molecule has 19 heavy (non-hydrogen) atoms. The molecule has 0 aromatic carbocycles. The largest absolute Gasteiger partial charge is 0.465 e. The van der Waals surface area contributed by atoms with Crippen LogP contribution in [0.5, 0.6) is 0 Å². The normalized spacial score (nSPS) is 14.1. The van der Waals surface area contributed by atoms with E-state index in [0.717, 1.165) is 25.7 Å². The van der Waals surface area contributed by atoms with Crippen molar-refractivity contribution >= 4 is 5.97 Å². The van der Waals surface area contributed by atoms with Crippen LogP contribution in [0.15, 0.2) is 0 Å². The lowest BCUT2D eigenvalue weighted by atomic mass is 9.89. The van der Waals surface area contributed by atoms with Gasteiger partial charge in [-0.15, -0.1) is 0 Å². The van der Waals surface area contributed by atoms with Crippen molar-refractivity contribution in [1.82, 2.24) is 0 Å². The van der Waals surface area contributed by atoms with Crippen molar-refractivity contribution in [3.63, 3.8) is 0 Å². The third-order valence-corrected chi connectivity index (χ3v) is 3.60. The smallest absolute Gasteiger partial charge is 0.311 e. The lowest BCUT2D eigenvalue weighted by Crippen LogP contribution is -2.25. The molecular weight excluding hydrogens is 240 g/mol. The van der Waals surface area contributed by atoms with Gasteiger partial charge in [0.2, 0.25) is 0 Å². The monoisotopic (exact) mass is 272 g/mol. The summed E-state index contributed by atoms with van der Waals surface area (Å²) in [4.78, 5) is 12.0. The molecule has 0 aromatic rings. The SMILES string of the molecule is CCCCOC(=O)C(COC)CC(CC)CCCC. The number of hydrogen-bond donors (Lipinski definition) is 0. The zero-order chi connectivity index (χ0) is 14.5. The van der Waals surface area contributed by atoms with Crippen molar-refractivity contribution in [2.75, 3.05) is 20.3 Å². The number of hydrogen-bond acceptors (Lipinski definition) is 3. The molecule has 0 spiro atoms. The number of esters is 1. The quantitative estimate of drug-likeness (QED) is 0.394. The standard InChI is InChI=1S/C16H32O3/c1-5-8-10-14(7-3)12-15(13-18-4)16(17)19-11-9-6-2/h14-15H,5-13H2,1-4H3. The fourth-order valence-electron chi connectivity index (χ4n) is 2.25. The Labute approximate surface area is 119 Å². The summed E-state index contributed by atoms with van der Waals surface area (Å²) in [6, 6.07) is 0. The van der Waals surface area contributed by atoms with Gasteiger partial charge < -0.3 is 9.47 Å². The summed E-state index contributed by atoms with van der Waals surface area (Å²) in [6.45, 7) is 7.53. The Hall–Kier alpha value is -0.570. The average molecular weight is 272 g/mol. The van der Waals surface area contributed by atoms with Gasteiger partial charge in [-0.1, -0.05) is 52.9 Å². The van der Waals surface area contributed by atoms with Crippen molar-refractivity contribution in [1.29, 1.82) is 0 Å². The molecule has 0 aliphatic rings. The number of methoxy groups -OCH3 is 1. The summed E-state index contributed by atoms with van der Waals surface area (Å²) in [5, 5.41) is 0. The van der Waals surface area contributed by atoms with Crippen LogP contribution in [0.4, 0.5) is 0 Å². The van der Waals surface area contributed by atoms with Crippen LogP contribution >= 0.6 is 0 Å². The van der Waals surface area contributed by atoms with Crippen molar-refractivity contribution < 1.29 is 14.3 Å². The third kappa shape index (κ3) is 9.04. The highest BCUT2D eigenvalue weighted by Gasteiger charge is 2.23. The van der Waals surface area contributed by atoms with E-state index >= 15 is 0 Å². The van der Waals surface area contributed by atoms with Crippen LogP contribution in [0.25, 0.3) is 0 Å². The molecular formula is C16H32O3. The molecule has 0 N–H and O–H groups in total. The molecule has 2 atom stereocenters. The predicted molar refractivity (Wildman–Crippen MR) is 79.2 cm³/mol. The zero-order valence-corrected chi connectivity index (χ0v) is 13.2. The number of ether oxygens (including phenoxy) is 2. The first-order chi connectivity index (χ1) is 9.19. The fraction of sp³-hybridized carbons (Fsp3) is 0.938. The molecule has 0 fully saturated rings. The van der Waals surface area contributed by atoms with Crippen LogP contribution in [0.2, 0.25) is 0 Å². The van der Waals surface area contributed by atoms with Gasteiger partial charge in [-0.25, -0.2) is 0 Å². The Kier molecular flexibility index (Phi) is 12.1. The van der Waals surface area contributed by atoms with Gasteiger partial charge in [-0.05, 0) is 18.8 Å². The van der Waals surface area contributed by atoms with E-state index in [1.54, 1.807) is 7.11 Å². The molecule has 0 rings (SSSR count). The van der Waals surface area contributed by atoms with Crippen LogP contribution in [0.1, 0.15) is 65.7 Å². The first kappa shape index (κ1) is 18.4. The van der Waals surface area contributed by atoms with Crippen LogP contribution in [-0.4, -0.2) is 26.3 Å². The molecule has 0 amide bonds. The van der Waals surface area contributed by atoms with E-state index in [1.807, 2.05) is 0 Å². The van der Waals surface area contributed by atoms with E-state index < -0.39 is 0 Å². The Morgan fingerprint density at radius 1 is 1.11 bits per heavy atom. The molecule has 0 saturated heterocycles. The highest BCUT2D eigenvalue weighted by Crippen LogP contribution is 2.23. The summed E-state index contributed by atoms with van der Waals surface area (Å²) in [6.07, 6.45) is 7.68. The first-order valence-electron chi connectivity index (χ1n) is 7.85. The van der Waals surface area contributed by atoms with E-state index in [0.29, 0.717) is 19.1 Å². The topological polar surface area (TPSA) is 35.5 Å². The average Bonchev–Trinajstić information content (AvgIpc) is 2.42. The molecule has 0 heterocycles. The van der Waals surface area contributed by atoms with Gasteiger partial charge in [0.15, 0.2) is 0 Å². The van der Waals surface area contributed by atoms with Gasteiger partial charge in [0, 0.05) is 7.11 Å². The number of unbranched alkanes of at least 4 members (excludes halogenated alkanes) is 2. The van der Waals surface area contributed by atoms with Gasteiger partial charge in [0.25, 0.3) is 0 Å². The molecule has 0 bridgehead atoms. The van der Waals surface area contributed by atoms with E-state index in [4.69, 9.17) is 9.47 Å². The van der Waals surface area contributed by atoms with Crippen LogP contribution < -0.4 is 0 Å². The van der Waals surface area contributed by atoms with Gasteiger partial charge in [-0.3, -0.25) is 4.79 Å². The van der Waals surface area contributed by atoms with Crippen molar-refractivity contribution in [3.05, 3.63) is 0 Å². The van der Waals surface area contributed by atoms with Gasteiger partial charge in [0.1, 0.15) is 0 Å². The van der Waals surface area contributed by atoms with Crippen molar-refractivity contribution in [2.24, 2.45) is 11.8 Å². The van der Waals surface area contributed by atoms with Crippen LogP contribution in [-0.2, 0) is 14.3 Å². The fourth-order valence-corrected chi connectivity index (χ4v) is 2.25. The second kappa shape index (κ2) is 12.5. The van der Waals surface area contributed by atoms with E-state index in [1.165, 1.54) is 19.3 Å². The predicted octanol–water partition coefficient (Wildman–Crippen LogP) is 4.20. The van der Waals surface area contributed by atoms with E-state index in [-0.39, 0.29) is 11.9 Å². The van der Waals surface area contributed by atoms with E-state index in [9.17, 15) is 4.79 Å². The molecule has 114 valence electrons. The maximum Gasteiger partial charge on any atom is 0.311 e. The second-order valence-corrected chi connectivity index (χ2v) is 5.33. The van der Waals surface area contributed by atoms with Gasteiger partial charge >= 0.3 is 5.97 Å². The molecule has 0 radical (unpaired) electrons. The maximum atomic E-state index is 12.0. The first-order valence-corrected chi connectivity index (χ1v) is 7.85. The van der Waals surface area contributed by atoms with Crippen LogP contribution in [0.3, 0.4) is 0 Å². The Morgan fingerprint density at radius 3 is 2.32 bits per heavy atom. The molecule has 0 aliphatic heterocycles. The summed E-state index contributed by atoms with van der Waals surface area (Å²) >= 11 is 0. The number of rotatable bonds is 12. The molecule has 2 unspecified atom stereocenters. The minimum absolute atomic E-state index is 0.0785. The summed E-state index contributed by atoms with van der Waals surface area (Å²) in [5.41, 5.74) is 0. The summed E-state index contributed by atoms with van der Waals surface area (Å²) in [7, 11) is 1.65. The van der Waals surface area contributed by atoms with Crippen LogP contribution in [0, 0.1) is 11.8 Å². The lowest BCUT2D eigenvalue weighted by Gasteiger charge is -2.21. The Morgan fingerprint density at radius 2 is 1.79 bits per heavy atom. The summed E-state index contributed by atoms with van der Waals surface area (Å²) in [5.74, 6) is 0.438. The molecule has 0 saturated carbocycles. The molecule has 0 aromatic heterocycles. The number of carbonyl (C=O) groups is 1. The third-order valence-electron chi connectivity index (χ3n) is 3.60. The van der Waals surface area contributed by atoms with E-state index in [2.05, 4.69) is 20.8 Å². The highest BCUT2D eigenvalue weighted by molar-refractivity contribution is 5.72. The minimum Gasteiger partial charge on any atom is -0.465 e. The summed E-state index contributed by atoms with van der Waals surface area (Å²) < 4.78 is 10.5. The highest BCUT2D eigenvalue weighted by atomic mass is 16.5. The Bertz CT molecular complexity index is 216. The van der Waals surface area contributed by atoms with Gasteiger partial charge in [-0.2, -0.15) is 0 Å². The molecule has 3 nitrogen and oxygen atoms in total. The molecule has 3 heteroatoms. The van der Waals surface area contributed by atoms with Gasteiger partial charge in [0.05, 0.1) is 19.1 Å².